The first kappa shape index (κ1) is 19.7. The van der Waals surface area contributed by atoms with Gasteiger partial charge >= 0.3 is 0 Å². The van der Waals surface area contributed by atoms with Crippen molar-refractivity contribution in [2.75, 3.05) is 0 Å². The molecule has 0 fully saturated rings. The summed E-state index contributed by atoms with van der Waals surface area (Å²) in [5.74, 6) is 0.259. The van der Waals surface area contributed by atoms with Gasteiger partial charge in [0, 0.05) is 35.2 Å². The quantitative estimate of drug-likeness (QED) is 0.584. The molecule has 1 aliphatic rings. The molecule has 0 aliphatic carbocycles. The van der Waals surface area contributed by atoms with Gasteiger partial charge in [-0.25, -0.2) is 15.0 Å². The molecule has 4 rings (SSSR count). The zero-order valence-electron chi connectivity index (χ0n) is 16.2. The topological polar surface area (TPSA) is 106 Å². The van der Waals surface area contributed by atoms with Crippen LogP contribution in [-0.2, 0) is 9.59 Å². The van der Waals surface area contributed by atoms with Crippen LogP contribution in [0.4, 0.5) is 5.82 Å². The monoisotopic (exact) mass is 411 g/mol. The summed E-state index contributed by atoms with van der Waals surface area (Å²) in [4.78, 5) is 37.0. The number of benzene rings is 2. The molecule has 0 saturated heterocycles. The highest BCUT2D eigenvalue weighted by atomic mass is 16.5. The highest BCUT2D eigenvalue weighted by Gasteiger charge is 2.05. The van der Waals surface area contributed by atoms with E-state index in [0.717, 1.165) is 0 Å². The molecule has 2 N–H and O–H groups in total. The van der Waals surface area contributed by atoms with Crippen molar-refractivity contribution in [3.8, 4) is 5.75 Å². The average Bonchev–Trinajstić information content (AvgIpc) is 2.78. The lowest BCUT2D eigenvalue weighted by atomic mass is 10.2. The van der Waals surface area contributed by atoms with Gasteiger partial charge in [0.25, 0.3) is 0 Å². The van der Waals surface area contributed by atoms with Crippen molar-refractivity contribution in [2.24, 2.45) is 4.99 Å². The van der Waals surface area contributed by atoms with Crippen molar-refractivity contribution >= 4 is 34.7 Å². The van der Waals surface area contributed by atoms with Crippen molar-refractivity contribution in [1.29, 1.82) is 0 Å². The number of hydrogen-bond acceptors (Lipinski definition) is 6. The van der Waals surface area contributed by atoms with Crippen LogP contribution in [-0.4, -0.2) is 21.8 Å². The summed E-state index contributed by atoms with van der Waals surface area (Å²) in [7, 11) is 0. The van der Waals surface area contributed by atoms with Gasteiger partial charge in [-0.3, -0.25) is 9.59 Å². The normalized spacial score (nSPS) is 14.2. The number of fused-ring (bicyclic) bond motifs is 2. The summed E-state index contributed by atoms with van der Waals surface area (Å²) < 4.78 is 5.62. The van der Waals surface area contributed by atoms with Gasteiger partial charge in [-0.05, 0) is 30.3 Å². The molecule has 8 nitrogen and oxygen atoms in total. The second-order valence-electron chi connectivity index (χ2n) is 6.35. The highest BCUT2D eigenvalue weighted by molar-refractivity contribution is 5.92. The Morgan fingerprint density at radius 1 is 0.871 bits per heavy atom. The number of nitrogens with one attached hydrogen (secondary N) is 2. The molecule has 0 spiro atoms. The van der Waals surface area contributed by atoms with Gasteiger partial charge in [-0.15, -0.1) is 0 Å². The van der Waals surface area contributed by atoms with Crippen molar-refractivity contribution in [1.82, 2.24) is 20.6 Å². The third-order valence-corrected chi connectivity index (χ3v) is 4.22. The SMILES string of the molecule is O=C1C=CC=COc2ccc3ncnc(c3c2)N=c2ccccc2=CNC(=O)C=CN1. The molecule has 2 amide bonds. The predicted octanol–water partition coefficient (Wildman–Crippen LogP) is 1.53. The highest BCUT2D eigenvalue weighted by Crippen LogP contribution is 2.25. The average molecular weight is 411 g/mol. The van der Waals surface area contributed by atoms with E-state index in [2.05, 4.69) is 25.6 Å². The van der Waals surface area contributed by atoms with E-state index in [-0.39, 0.29) is 5.91 Å². The van der Waals surface area contributed by atoms with E-state index in [1.165, 1.54) is 37.0 Å². The molecule has 8 heteroatoms. The van der Waals surface area contributed by atoms with Gasteiger partial charge in [0.1, 0.15) is 12.1 Å². The minimum atomic E-state index is -0.401. The van der Waals surface area contributed by atoms with Crippen molar-refractivity contribution in [3.05, 3.63) is 96.1 Å². The Bertz CT molecular complexity index is 1360. The number of ether oxygens (including phenoxy) is 1. The van der Waals surface area contributed by atoms with E-state index in [9.17, 15) is 9.59 Å². The fourth-order valence-electron chi connectivity index (χ4n) is 2.76. The van der Waals surface area contributed by atoms with Crippen LogP contribution < -0.4 is 25.9 Å². The third-order valence-electron chi connectivity index (χ3n) is 4.22. The number of amides is 2. The van der Waals surface area contributed by atoms with E-state index in [1.807, 2.05) is 30.3 Å². The van der Waals surface area contributed by atoms with Crippen molar-refractivity contribution < 1.29 is 14.3 Å². The molecule has 3 aromatic rings. The Hall–Kier alpha value is -4.59. The number of aromatic nitrogens is 2. The van der Waals surface area contributed by atoms with Crippen molar-refractivity contribution in [2.45, 2.75) is 0 Å². The standard InChI is InChI=1S/C23H17N5O3/c29-21-7-3-4-12-31-17-8-9-20-18(13-17)23(27-15-26-20)28-19-6-2-1-5-16(19)14-25-22(30)10-11-24-21/h1-15H,(H,24,29)(H,25,30). The Kier molecular flexibility index (Phi) is 5.90. The van der Waals surface area contributed by atoms with Crippen LogP contribution in [0.3, 0.4) is 0 Å². The van der Waals surface area contributed by atoms with Gasteiger partial charge in [0.05, 0.1) is 17.1 Å². The fraction of sp³-hybridized carbons (Fsp3) is 0. The van der Waals surface area contributed by atoms with Crippen LogP contribution in [0.1, 0.15) is 0 Å². The molecule has 152 valence electrons. The Morgan fingerprint density at radius 2 is 1.74 bits per heavy atom. The van der Waals surface area contributed by atoms with Crippen LogP contribution >= 0.6 is 0 Å². The lowest BCUT2D eigenvalue weighted by Gasteiger charge is -2.04. The summed E-state index contributed by atoms with van der Waals surface area (Å²) in [6.45, 7) is 0. The predicted molar refractivity (Wildman–Crippen MR) is 115 cm³/mol. The Morgan fingerprint density at radius 3 is 2.68 bits per heavy atom. The first-order valence-corrected chi connectivity index (χ1v) is 9.35. The third kappa shape index (κ3) is 5.07. The molecule has 2 heterocycles. The largest absolute Gasteiger partial charge is 0.465 e. The van der Waals surface area contributed by atoms with Gasteiger partial charge in [-0.1, -0.05) is 24.3 Å². The number of allylic oxidation sites excluding steroid dienone is 2. The minimum Gasteiger partial charge on any atom is -0.465 e. The van der Waals surface area contributed by atoms with Gasteiger partial charge < -0.3 is 15.4 Å². The first-order chi connectivity index (χ1) is 15.2. The zero-order chi connectivity index (χ0) is 21.5. The number of para-hydroxylation sites is 1. The molecule has 0 atom stereocenters. The molecule has 31 heavy (non-hydrogen) atoms. The van der Waals surface area contributed by atoms with Crippen LogP contribution in [0, 0.1) is 0 Å². The van der Waals surface area contributed by atoms with Gasteiger partial charge in [-0.2, -0.15) is 0 Å². The van der Waals surface area contributed by atoms with E-state index < -0.39 is 5.91 Å². The molecule has 0 radical (unpaired) electrons. The Labute approximate surface area is 177 Å². The second kappa shape index (κ2) is 9.27. The molecular formula is C23H17N5O3. The number of rotatable bonds is 0. The summed E-state index contributed by atoms with van der Waals surface area (Å²) in [6.07, 6.45) is 11.3. The second-order valence-corrected chi connectivity index (χ2v) is 6.35. The molecule has 2 aromatic carbocycles. The summed E-state index contributed by atoms with van der Waals surface area (Å²) in [6, 6.07) is 12.7. The lowest BCUT2D eigenvalue weighted by Crippen LogP contribution is -2.28. The lowest BCUT2D eigenvalue weighted by molar-refractivity contribution is -0.115. The summed E-state index contributed by atoms with van der Waals surface area (Å²) in [5.41, 5.74) is 0.715. The number of nitrogens with zero attached hydrogens (tertiary/aromatic N) is 3. The van der Waals surface area contributed by atoms with Crippen LogP contribution in [0.2, 0.25) is 0 Å². The van der Waals surface area contributed by atoms with Crippen LogP contribution in [0.15, 0.2) is 90.6 Å². The summed E-state index contributed by atoms with van der Waals surface area (Å²) in [5, 5.41) is 7.15. The number of hydrogen-bond donors (Lipinski definition) is 2. The summed E-state index contributed by atoms with van der Waals surface area (Å²) >= 11 is 0. The van der Waals surface area contributed by atoms with E-state index in [0.29, 0.717) is 33.0 Å². The number of carbonyl (C=O) groups excluding carboxylic acids is 2. The maximum absolute atomic E-state index is 12.0. The Balaban J connectivity index is 1.85. The van der Waals surface area contributed by atoms with Gasteiger partial charge in [0.2, 0.25) is 11.8 Å². The maximum atomic E-state index is 12.0. The molecule has 1 aliphatic heterocycles. The van der Waals surface area contributed by atoms with Gasteiger partial charge in [0.15, 0.2) is 5.82 Å². The molecule has 2 bridgehead atoms. The molecule has 0 unspecified atom stereocenters. The van der Waals surface area contributed by atoms with E-state index in [4.69, 9.17) is 4.74 Å². The zero-order valence-corrected chi connectivity index (χ0v) is 16.2. The minimum absolute atomic E-state index is 0.382. The smallest absolute Gasteiger partial charge is 0.249 e. The molecule has 0 saturated carbocycles. The molecular weight excluding hydrogens is 394 g/mol. The molecule has 1 aromatic heterocycles. The van der Waals surface area contributed by atoms with E-state index in [1.54, 1.807) is 24.4 Å². The van der Waals surface area contributed by atoms with E-state index >= 15 is 0 Å². The van der Waals surface area contributed by atoms with Crippen molar-refractivity contribution in [3.63, 3.8) is 0 Å². The fourth-order valence-corrected chi connectivity index (χ4v) is 2.76. The first-order valence-electron chi connectivity index (χ1n) is 9.35. The van der Waals surface area contributed by atoms with Crippen LogP contribution in [0.25, 0.3) is 17.1 Å². The van der Waals surface area contributed by atoms with Crippen LogP contribution in [0.5, 0.6) is 5.75 Å². The maximum Gasteiger partial charge on any atom is 0.249 e. The number of carbonyl (C=O) groups is 2.